The highest BCUT2D eigenvalue weighted by Gasteiger charge is 2.44. The van der Waals surface area contributed by atoms with Gasteiger partial charge >= 0.3 is 0 Å². The molecule has 28 heavy (non-hydrogen) atoms. The van der Waals surface area contributed by atoms with Crippen molar-refractivity contribution in [2.45, 2.75) is 12.5 Å². The Morgan fingerprint density at radius 1 is 1.46 bits per heavy atom. The summed E-state index contributed by atoms with van der Waals surface area (Å²) in [4.78, 5) is 1.30. The van der Waals surface area contributed by atoms with E-state index in [1.807, 2.05) is 6.92 Å². The van der Waals surface area contributed by atoms with Crippen molar-refractivity contribution in [3.8, 4) is 21.9 Å². The second-order valence-corrected chi connectivity index (χ2v) is 9.41. The highest BCUT2D eigenvalue weighted by atomic mass is 35.5. The van der Waals surface area contributed by atoms with Crippen molar-refractivity contribution < 1.29 is 13.4 Å². The van der Waals surface area contributed by atoms with Crippen LogP contribution in [0.4, 0.5) is 4.39 Å². The molecule has 4 rings (SSSR count). The lowest BCUT2D eigenvalue weighted by Gasteiger charge is -2.39. The van der Waals surface area contributed by atoms with Crippen molar-refractivity contribution in [2.75, 3.05) is 12.8 Å². The summed E-state index contributed by atoms with van der Waals surface area (Å²) in [5.74, 6) is -0.109. The summed E-state index contributed by atoms with van der Waals surface area (Å²) >= 11 is 6.39. The summed E-state index contributed by atoms with van der Waals surface area (Å²) in [6.45, 7) is 1.83. The minimum absolute atomic E-state index is 0.0441. The first-order valence-corrected chi connectivity index (χ1v) is 10.6. The molecule has 1 unspecified atom stereocenters. The van der Waals surface area contributed by atoms with Crippen LogP contribution in [0.3, 0.4) is 0 Å². The first kappa shape index (κ1) is 19.2. The first-order chi connectivity index (χ1) is 13.3. The molecular formula is C17H15ClFN5O2S2. The summed E-state index contributed by atoms with van der Waals surface area (Å²) < 4.78 is 33.9. The maximum Gasteiger partial charge on any atom is 0.250 e. The van der Waals surface area contributed by atoms with Gasteiger partial charge in [-0.1, -0.05) is 23.7 Å². The predicted molar refractivity (Wildman–Crippen MR) is 107 cm³/mol. The van der Waals surface area contributed by atoms with Crippen LogP contribution in [0.15, 0.2) is 35.1 Å². The Morgan fingerprint density at radius 2 is 2.21 bits per heavy atom. The monoisotopic (exact) mass is 439 g/mol. The number of aromatic nitrogens is 2. The van der Waals surface area contributed by atoms with Crippen LogP contribution in [-0.2, 0) is 16.9 Å². The molecule has 0 spiro atoms. The minimum Gasteiger partial charge on any atom is -0.593 e. The molecule has 3 heterocycles. The van der Waals surface area contributed by atoms with E-state index in [0.717, 1.165) is 6.39 Å². The van der Waals surface area contributed by atoms with E-state index in [1.54, 1.807) is 31.3 Å². The quantitative estimate of drug-likeness (QED) is 0.604. The molecule has 11 heteroatoms. The Balaban J connectivity index is 1.75. The van der Waals surface area contributed by atoms with Gasteiger partial charge < -0.3 is 14.3 Å². The number of nitrogens with one attached hydrogen (secondary N) is 2. The number of halogens is 2. The molecule has 0 saturated carbocycles. The third kappa shape index (κ3) is 3.16. The summed E-state index contributed by atoms with van der Waals surface area (Å²) in [5, 5.41) is 18.8. The fourth-order valence-electron chi connectivity index (χ4n) is 3.00. The molecule has 146 valence electrons. The van der Waals surface area contributed by atoms with E-state index in [4.69, 9.17) is 21.4 Å². The smallest absolute Gasteiger partial charge is 0.250 e. The van der Waals surface area contributed by atoms with Crippen molar-refractivity contribution >= 4 is 40.3 Å². The van der Waals surface area contributed by atoms with E-state index >= 15 is 4.39 Å². The lowest BCUT2D eigenvalue weighted by molar-refractivity contribution is 0.424. The van der Waals surface area contributed by atoms with Crippen LogP contribution in [0.5, 0.6) is 0 Å². The van der Waals surface area contributed by atoms with Crippen molar-refractivity contribution in [3.05, 3.63) is 46.4 Å². The zero-order chi connectivity index (χ0) is 20.1. The molecule has 2 atom stereocenters. The second-order valence-electron chi connectivity index (χ2n) is 6.47. The van der Waals surface area contributed by atoms with Crippen molar-refractivity contribution in [3.63, 3.8) is 0 Å². The number of benzene rings is 1. The largest absolute Gasteiger partial charge is 0.593 e. The van der Waals surface area contributed by atoms with Crippen molar-refractivity contribution in [1.29, 1.82) is 5.41 Å². The molecule has 1 aliphatic heterocycles. The van der Waals surface area contributed by atoms with Gasteiger partial charge in [0.05, 0.1) is 33.9 Å². The van der Waals surface area contributed by atoms with Gasteiger partial charge in [0.1, 0.15) is 11.4 Å². The average molecular weight is 440 g/mol. The van der Waals surface area contributed by atoms with E-state index in [9.17, 15) is 4.55 Å². The lowest BCUT2D eigenvalue weighted by atomic mass is 10.0. The molecular weight excluding hydrogens is 425 g/mol. The van der Waals surface area contributed by atoms with Gasteiger partial charge in [-0.3, -0.25) is 5.41 Å². The Hall–Kier alpha value is -2.14. The zero-order valence-electron chi connectivity index (χ0n) is 14.8. The second kappa shape index (κ2) is 7.03. The summed E-state index contributed by atoms with van der Waals surface area (Å²) in [7, 11) is 1.59. The number of guanidine groups is 1. The maximum atomic E-state index is 15.1. The molecule has 3 aromatic rings. The molecule has 7 nitrogen and oxygen atoms in total. The maximum absolute atomic E-state index is 15.1. The van der Waals surface area contributed by atoms with Gasteiger partial charge in [-0.2, -0.15) is 4.31 Å². The van der Waals surface area contributed by atoms with Gasteiger partial charge in [0.15, 0.2) is 5.75 Å². The topological polar surface area (TPSA) is 101 Å². The molecule has 1 saturated heterocycles. The van der Waals surface area contributed by atoms with E-state index in [2.05, 4.69) is 15.5 Å². The van der Waals surface area contributed by atoms with E-state index in [1.165, 1.54) is 15.6 Å². The molecule has 0 amide bonds. The highest BCUT2D eigenvalue weighted by Crippen LogP contribution is 2.43. The standard InChI is InChI=1S/C17H15ClFN5O2S2/c1-17(7-28(25)24(2)16(20)22-17)14-11(18)6-12(27-14)9-4-3-5-10(13(9)19)15-23-21-8-26-15/h3-6,8H,7H2,1-2H3,(H2,20,22)/t17-,28?/m0/s1. The minimum atomic E-state index is -1.36. The predicted octanol–water partition coefficient (Wildman–Crippen LogP) is 3.61. The fourth-order valence-corrected chi connectivity index (χ4v) is 5.91. The Kier molecular flexibility index (Phi) is 4.82. The molecule has 1 aromatic carbocycles. The molecule has 0 radical (unpaired) electrons. The lowest BCUT2D eigenvalue weighted by Crippen LogP contribution is -2.60. The zero-order valence-corrected chi connectivity index (χ0v) is 17.2. The van der Waals surface area contributed by atoms with Gasteiger partial charge in [0.25, 0.3) is 0 Å². The van der Waals surface area contributed by atoms with Gasteiger partial charge in [-0.05, 0) is 19.1 Å². The number of thiophene rings is 1. The van der Waals surface area contributed by atoms with Gasteiger partial charge in [-0.15, -0.1) is 21.5 Å². The first-order valence-electron chi connectivity index (χ1n) is 8.14. The van der Waals surface area contributed by atoms with Crippen LogP contribution in [0.1, 0.15) is 11.8 Å². The SMILES string of the molecule is CN1C(=N)N[C@](C)(c2sc(-c3cccc(-c4nnco4)c3F)cc2Cl)C[S+]1[O-]. The number of rotatable bonds is 3. The van der Waals surface area contributed by atoms with Crippen LogP contribution in [0.25, 0.3) is 21.9 Å². The Morgan fingerprint density at radius 3 is 2.89 bits per heavy atom. The highest BCUT2D eigenvalue weighted by molar-refractivity contribution is 7.89. The summed E-state index contributed by atoms with van der Waals surface area (Å²) in [6, 6.07) is 6.58. The van der Waals surface area contributed by atoms with Gasteiger partial charge in [0, 0.05) is 10.4 Å². The number of hydrogen-bond acceptors (Lipinski definition) is 6. The molecule has 2 aromatic heterocycles. The molecule has 2 N–H and O–H groups in total. The van der Waals surface area contributed by atoms with Crippen molar-refractivity contribution in [2.24, 2.45) is 0 Å². The Bertz CT molecular complexity index is 1040. The van der Waals surface area contributed by atoms with E-state index in [0.29, 0.717) is 20.3 Å². The normalized spacial score (nSPS) is 22.4. The number of hydrogen-bond donors (Lipinski definition) is 2. The van der Waals surface area contributed by atoms with Gasteiger partial charge in [-0.25, -0.2) is 4.39 Å². The van der Waals surface area contributed by atoms with E-state index in [-0.39, 0.29) is 23.2 Å². The van der Waals surface area contributed by atoms with Crippen molar-refractivity contribution in [1.82, 2.24) is 19.8 Å². The molecule has 0 aliphatic carbocycles. The van der Waals surface area contributed by atoms with Crippen LogP contribution in [-0.4, -0.2) is 37.8 Å². The third-order valence-corrected chi connectivity index (χ3v) is 7.93. The molecule has 1 fully saturated rings. The third-order valence-electron chi connectivity index (χ3n) is 4.47. The van der Waals surface area contributed by atoms with Crippen LogP contribution in [0.2, 0.25) is 5.02 Å². The summed E-state index contributed by atoms with van der Waals surface area (Å²) in [6.07, 6.45) is 1.14. The van der Waals surface area contributed by atoms with Gasteiger partial charge in [0.2, 0.25) is 18.2 Å². The fraction of sp³-hybridized carbons (Fsp3) is 0.235. The number of nitrogens with zero attached hydrogens (tertiary/aromatic N) is 3. The molecule has 0 bridgehead atoms. The Labute approximate surface area is 172 Å². The summed E-state index contributed by atoms with van der Waals surface area (Å²) in [5.41, 5.74) is -0.246. The van der Waals surface area contributed by atoms with Crippen LogP contribution >= 0.6 is 22.9 Å². The van der Waals surface area contributed by atoms with Crippen LogP contribution < -0.4 is 5.32 Å². The van der Waals surface area contributed by atoms with Crippen LogP contribution in [0, 0.1) is 11.2 Å². The van der Waals surface area contributed by atoms with E-state index < -0.39 is 22.7 Å². The molecule has 1 aliphatic rings. The average Bonchev–Trinajstić information content (AvgIpc) is 3.30.